The lowest BCUT2D eigenvalue weighted by atomic mass is 9.99. The van der Waals surface area contributed by atoms with Gasteiger partial charge in [0.1, 0.15) is 0 Å². The first-order valence-electron chi connectivity index (χ1n) is 7.50. The van der Waals surface area contributed by atoms with Crippen LogP contribution in [0, 0.1) is 10.1 Å². The van der Waals surface area contributed by atoms with E-state index in [1.165, 1.54) is 6.07 Å². The predicted molar refractivity (Wildman–Crippen MR) is 97.1 cm³/mol. The van der Waals surface area contributed by atoms with E-state index in [0.717, 1.165) is 22.2 Å². The Labute approximate surface area is 147 Å². The van der Waals surface area contributed by atoms with Crippen molar-refractivity contribution in [3.05, 3.63) is 64.7 Å². The molecule has 2 N–H and O–H groups in total. The van der Waals surface area contributed by atoms with Crippen LogP contribution in [0.15, 0.2) is 59.5 Å². The van der Waals surface area contributed by atoms with Gasteiger partial charge in [0, 0.05) is 11.5 Å². The van der Waals surface area contributed by atoms with Crippen molar-refractivity contribution in [1.29, 1.82) is 0 Å². The first kappa shape index (κ1) is 16.2. The van der Waals surface area contributed by atoms with Crippen molar-refractivity contribution in [2.45, 2.75) is 4.90 Å². The zero-order valence-electron chi connectivity index (χ0n) is 13.1. The summed E-state index contributed by atoms with van der Waals surface area (Å²) >= 11 is 0. The quantitative estimate of drug-likeness (QED) is 0.239. The van der Waals surface area contributed by atoms with Gasteiger partial charge in [0.25, 0.3) is 10.1 Å². The van der Waals surface area contributed by atoms with Gasteiger partial charge in [-0.25, -0.2) is 0 Å². The van der Waals surface area contributed by atoms with Crippen molar-refractivity contribution in [1.82, 2.24) is 0 Å². The molecule has 0 amide bonds. The van der Waals surface area contributed by atoms with Crippen LogP contribution in [-0.4, -0.2) is 23.0 Å². The van der Waals surface area contributed by atoms with E-state index < -0.39 is 31.4 Å². The third kappa shape index (κ3) is 2.43. The number of fused-ring (bicyclic) bond motifs is 3. The molecule has 0 aliphatic carbocycles. The van der Waals surface area contributed by atoms with Crippen molar-refractivity contribution in [3.63, 3.8) is 0 Å². The first-order valence-corrected chi connectivity index (χ1v) is 8.94. The van der Waals surface area contributed by atoms with E-state index in [-0.39, 0.29) is 10.8 Å². The Balaban J connectivity index is 2.22. The molecule has 0 bridgehead atoms. The lowest BCUT2D eigenvalue weighted by Gasteiger charge is -2.10. The number of hydrogen-bond acceptors (Lipinski definition) is 5. The molecule has 0 aliphatic heterocycles. The van der Waals surface area contributed by atoms with Crippen LogP contribution in [0.1, 0.15) is 0 Å². The van der Waals surface area contributed by atoms with Crippen LogP contribution in [0.2, 0.25) is 0 Å². The summed E-state index contributed by atoms with van der Waals surface area (Å²) < 4.78 is 33.0. The SMILES string of the molecule is O=[N+]([O-])c1cc2cc3cc4ccccc4cc3cc2c(S(=O)(=O)O)c1O. The molecule has 130 valence electrons. The predicted octanol–water partition coefficient (Wildman–Crippen LogP) is 4.01. The van der Waals surface area contributed by atoms with Gasteiger partial charge < -0.3 is 5.11 Å². The zero-order chi connectivity index (χ0) is 18.6. The van der Waals surface area contributed by atoms with E-state index in [2.05, 4.69) is 0 Å². The highest BCUT2D eigenvalue weighted by Crippen LogP contribution is 2.41. The number of rotatable bonds is 2. The lowest BCUT2D eigenvalue weighted by molar-refractivity contribution is -0.386. The van der Waals surface area contributed by atoms with Crippen LogP contribution in [0.3, 0.4) is 0 Å². The van der Waals surface area contributed by atoms with E-state index in [1.807, 2.05) is 36.4 Å². The molecule has 0 heterocycles. The summed E-state index contributed by atoms with van der Waals surface area (Å²) in [5, 5.41) is 24.8. The lowest BCUT2D eigenvalue weighted by Crippen LogP contribution is -2.02. The third-order valence-electron chi connectivity index (χ3n) is 4.32. The van der Waals surface area contributed by atoms with Gasteiger partial charge in [0.05, 0.1) is 4.92 Å². The maximum absolute atomic E-state index is 11.8. The van der Waals surface area contributed by atoms with Gasteiger partial charge in [0.2, 0.25) is 5.75 Å². The van der Waals surface area contributed by atoms with Crippen molar-refractivity contribution in [2.75, 3.05) is 0 Å². The molecule has 4 rings (SSSR count). The molecule has 0 saturated carbocycles. The fourth-order valence-electron chi connectivity index (χ4n) is 3.19. The highest BCUT2D eigenvalue weighted by Gasteiger charge is 2.28. The van der Waals surface area contributed by atoms with Gasteiger partial charge >= 0.3 is 5.69 Å². The summed E-state index contributed by atoms with van der Waals surface area (Å²) in [6.45, 7) is 0. The largest absolute Gasteiger partial charge is 0.501 e. The number of aromatic hydroxyl groups is 1. The minimum Gasteiger partial charge on any atom is -0.501 e. The number of benzene rings is 4. The number of nitrogens with zero attached hydrogens (tertiary/aromatic N) is 1. The highest BCUT2D eigenvalue weighted by molar-refractivity contribution is 7.86. The molecule has 4 aromatic carbocycles. The summed E-state index contributed by atoms with van der Waals surface area (Å²) in [7, 11) is -4.88. The van der Waals surface area contributed by atoms with Gasteiger partial charge in [-0.3, -0.25) is 14.7 Å². The number of nitro groups is 1. The Morgan fingerprint density at radius 2 is 1.38 bits per heavy atom. The van der Waals surface area contributed by atoms with Crippen LogP contribution < -0.4 is 0 Å². The topological polar surface area (TPSA) is 118 Å². The molecular formula is C18H11NO6S. The van der Waals surface area contributed by atoms with Gasteiger partial charge in [-0.15, -0.1) is 0 Å². The molecule has 0 aliphatic rings. The fourth-order valence-corrected chi connectivity index (χ4v) is 3.99. The number of nitro benzene ring substituents is 1. The Bertz CT molecular complexity index is 1340. The number of hydrogen-bond donors (Lipinski definition) is 2. The van der Waals surface area contributed by atoms with E-state index in [0.29, 0.717) is 5.39 Å². The normalized spacial score (nSPS) is 12.0. The second-order valence-corrected chi connectivity index (χ2v) is 7.28. The van der Waals surface area contributed by atoms with Crippen molar-refractivity contribution in [2.24, 2.45) is 0 Å². The maximum Gasteiger partial charge on any atom is 0.312 e. The van der Waals surface area contributed by atoms with Crippen LogP contribution in [0.25, 0.3) is 32.3 Å². The Morgan fingerprint density at radius 1 is 0.846 bits per heavy atom. The second kappa shape index (κ2) is 5.38. The number of phenols is 1. The van der Waals surface area contributed by atoms with Gasteiger partial charge in [0.15, 0.2) is 4.90 Å². The van der Waals surface area contributed by atoms with Crippen molar-refractivity contribution >= 4 is 48.1 Å². The Morgan fingerprint density at radius 3 is 1.92 bits per heavy atom. The summed E-state index contributed by atoms with van der Waals surface area (Å²) in [5.41, 5.74) is -0.787. The first-order chi connectivity index (χ1) is 12.3. The summed E-state index contributed by atoms with van der Waals surface area (Å²) in [6.07, 6.45) is 0. The van der Waals surface area contributed by atoms with Crippen LogP contribution >= 0.6 is 0 Å². The molecule has 0 saturated heterocycles. The molecule has 0 aromatic heterocycles. The fraction of sp³-hybridized carbons (Fsp3) is 0. The Kier molecular flexibility index (Phi) is 3.36. The standard InChI is InChI=1S/C18H11NO6S/c20-17-16(19(21)22)9-14-7-12-5-10-3-1-2-4-11(10)6-13(12)8-15(14)18(17)26(23,24)25/h1-9,20H,(H,23,24,25). The molecule has 7 nitrogen and oxygen atoms in total. The van der Waals surface area contributed by atoms with E-state index in [4.69, 9.17) is 0 Å². The van der Waals surface area contributed by atoms with E-state index >= 15 is 0 Å². The van der Waals surface area contributed by atoms with E-state index in [1.54, 1.807) is 6.07 Å². The van der Waals surface area contributed by atoms with Gasteiger partial charge in [-0.2, -0.15) is 8.42 Å². The smallest absolute Gasteiger partial charge is 0.312 e. The van der Waals surface area contributed by atoms with Gasteiger partial charge in [-0.05, 0) is 51.2 Å². The molecule has 0 radical (unpaired) electrons. The summed E-state index contributed by atoms with van der Waals surface area (Å²) in [4.78, 5) is 9.39. The zero-order valence-corrected chi connectivity index (χ0v) is 13.9. The maximum atomic E-state index is 11.8. The third-order valence-corrected chi connectivity index (χ3v) is 5.25. The highest BCUT2D eigenvalue weighted by atomic mass is 32.2. The monoisotopic (exact) mass is 369 g/mol. The molecule has 26 heavy (non-hydrogen) atoms. The summed E-state index contributed by atoms with van der Waals surface area (Å²) in [5.74, 6) is -1.08. The van der Waals surface area contributed by atoms with Gasteiger partial charge in [-0.1, -0.05) is 24.3 Å². The van der Waals surface area contributed by atoms with Crippen molar-refractivity contribution in [3.8, 4) is 5.75 Å². The van der Waals surface area contributed by atoms with Crippen molar-refractivity contribution < 1.29 is 23.0 Å². The van der Waals surface area contributed by atoms with Crippen LogP contribution in [-0.2, 0) is 10.1 Å². The molecule has 4 aromatic rings. The molecule has 0 fully saturated rings. The van der Waals surface area contributed by atoms with Crippen LogP contribution in [0.5, 0.6) is 5.75 Å². The molecular weight excluding hydrogens is 358 g/mol. The molecule has 8 heteroatoms. The minimum atomic E-state index is -4.88. The average Bonchev–Trinajstić information content (AvgIpc) is 2.56. The Hall–Kier alpha value is -3.23. The molecule has 0 atom stereocenters. The summed E-state index contributed by atoms with van der Waals surface area (Å²) in [6, 6.07) is 15.5. The number of phenolic OH excluding ortho intramolecular Hbond substituents is 1. The minimum absolute atomic E-state index is 0.0124. The second-order valence-electron chi connectivity index (χ2n) is 5.93. The van der Waals surface area contributed by atoms with Crippen LogP contribution in [0.4, 0.5) is 5.69 Å². The molecule has 0 spiro atoms. The average molecular weight is 369 g/mol. The molecule has 0 unspecified atom stereocenters. The van der Waals surface area contributed by atoms with E-state index in [9.17, 15) is 28.2 Å².